The lowest BCUT2D eigenvalue weighted by molar-refractivity contribution is -0.119. The molecule has 0 radical (unpaired) electrons. The predicted molar refractivity (Wildman–Crippen MR) is 103 cm³/mol. The molecule has 0 unspecified atom stereocenters. The summed E-state index contributed by atoms with van der Waals surface area (Å²) in [5.41, 5.74) is 0.530. The average Bonchev–Trinajstić information content (AvgIpc) is 2.66. The largest absolute Gasteiger partial charge is 0.452 e. The van der Waals surface area contributed by atoms with Crippen LogP contribution in [0, 0.1) is 0 Å². The van der Waals surface area contributed by atoms with Gasteiger partial charge in [-0.15, -0.1) is 0 Å². The van der Waals surface area contributed by atoms with Gasteiger partial charge in [-0.05, 0) is 44.3 Å². The van der Waals surface area contributed by atoms with Crippen LogP contribution in [0.2, 0.25) is 5.02 Å². The number of ketones is 1. The highest BCUT2D eigenvalue weighted by Gasteiger charge is 2.20. The zero-order valence-corrected chi connectivity index (χ0v) is 16.6. The van der Waals surface area contributed by atoms with E-state index >= 15 is 0 Å². The molecule has 2 aromatic rings. The molecule has 0 aliphatic heterocycles. The molecule has 0 saturated heterocycles. The van der Waals surface area contributed by atoms with E-state index in [1.165, 1.54) is 26.1 Å². The minimum Gasteiger partial charge on any atom is -0.452 e. The third-order valence-corrected chi connectivity index (χ3v) is 5.54. The van der Waals surface area contributed by atoms with Gasteiger partial charge in [-0.25, -0.2) is 17.9 Å². The number of amides is 1. The number of esters is 1. The molecule has 0 aromatic heterocycles. The average molecular weight is 425 g/mol. The monoisotopic (exact) mass is 424 g/mol. The summed E-state index contributed by atoms with van der Waals surface area (Å²) in [4.78, 5) is 35.4. The van der Waals surface area contributed by atoms with Crippen LogP contribution in [0.1, 0.15) is 27.6 Å². The Bertz CT molecular complexity index is 1040. The van der Waals surface area contributed by atoms with Gasteiger partial charge in [0.05, 0.1) is 16.3 Å². The number of sulfonamides is 1. The van der Waals surface area contributed by atoms with Gasteiger partial charge < -0.3 is 10.1 Å². The molecular weight excluding hydrogens is 408 g/mol. The van der Waals surface area contributed by atoms with E-state index in [9.17, 15) is 22.8 Å². The molecular formula is C18H17ClN2O6S. The molecule has 0 aliphatic rings. The molecule has 2 aromatic carbocycles. The van der Waals surface area contributed by atoms with E-state index in [0.717, 1.165) is 6.07 Å². The summed E-state index contributed by atoms with van der Waals surface area (Å²) in [6, 6.07) is 9.98. The molecule has 0 spiro atoms. The van der Waals surface area contributed by atoms with E-state index in [-0.39, 0.29) is 21.3 Å². The number of anilines is 1. The zero-order valence-electron chi connectivity index (χ0n) is 15.0. The van der Waals surface area contributed by atoms with E-state index in [1.807, 2.05) is 0 Å². The van der Waals surface area contributed by atoms with Gasteiger partial charge in [-0.1, -0.05) is 23.7 Å². The second-order valence-corrected chi connectivity index (χ2v) is 7.84. The second-order valence-electron chi connectivity index (χ2n) is 5.58. The standard InChI is InChI=1S/C18H17ClN2O6S/c1-11(22)13-5-3-4-6-15(13)21-17(23)10-27-18(24)12-7-8-14(19)16(9-12)28(25,26)20-2/h3-9,20H,10H2,1-2H3,(H,21,23). The predicted octanol–water partition coefficient (Wildman–Crippen LogP) is 2.25. The van der Waals surface area contributed by atoms with Crippen molar-refractivity contribution in [2.75, 3.05) is 19.0 Å². The number of nitrogens with one attached hydrogen (secondary N) is 2. The van der Waals surface area contributed by atoms with Crippen molar-refractivity contribution in [3.05, 3.63) is 58.6 Å². The summed E-state index contributed by atoms with van der Waals surface area (Å²) in [5.74, 6) is -1.79. The minimum absolute atomic E-state index is 0.0653. The summed E-state index contributed by atoms with van der Waals surface area (Å²) in [5, 5.41) is 2.42. The molecule has 10 heteroatoms. The van der Waals surface area contributed by atoms with E-state index in [0.29, 0.717) is 11.3 Å². The number of carbonyl (C=O) groups excluding carboxylic acids is 3. The number of halogens is 1. The highest BCUT2D eigenvalue weighted by Crippen LogP contribution is 2.23. The maximum Gasteiger partial charge on any atom is 0.338 e. The lowest BCUT2D eigenvalue weighted by Gasteiger charge is -2.10. The van der Waals surface area contributed by atoms with Gasteiger partial charge in [-0.3, -0.25) is 9.59 Å². The fourth-order valence-electron chi connectivity index (χ4n) is 2.25. The maximum absolute atomic E-state index is 12.1. The Morgan fingerprint density at radius 2 is 1.79 bits per heavy atom. The van der Waals surface area contributed by atoms with Crippen LogP contribution in [0.5, 0.6) is 0 Å². The van der Waals surface area contributed by atoms with Gasteiger partial charge >= 0.3 is 5.97 Å². The molecule has 0 aliphatic carbocycles. The van der Waals surface area contributed by atoms with Gasteiger partial charge in [-0.2, -0.15) is 0 Å². The smallest absolute Gasteiger partial charge is 0.338 e. The molecule has 0 saturated carbocycles. The number of hydrogen-bond acceptors (Lipinski definition) is 6. The minimum atomic E-state index is -3.87. The molecule has 148 valence electrons. The number of Topliss-reactive ketones (excluding diaryl/α,β-unsaturated/α-hetero) is 1. The molecule has 0 fully saturated rings. The summed E-state index contributed by atoms with van der Waals surface area (Å²) >= 11 is 5.86. The van der Waals surface area contributed by atoms with Crippen molar-refractivity contribution in [1.82, 2.24) is 4.72 Å². The number of ether oxygens (including phenoxy) is 1. The van der Waals surface area contributed by atoms with E-state index in [4.69, 9.17) is 16.3 Å². The van der Waals surface area contributed by atoms with Crippen molar-refractivity contribution in [2.45, 2.75) is 11.8 Å². The normalized spacial score (nSPS) is 11.0. The number of para-hydroxylation sites is 1. The first-order valence-electron chi connectivity index (χ1n) is 7.95. The van der Waals surface area contributed by atoms with Crippen molar-refractivity contribution in [1.29, 1.82) is 0 Å². The van der Waals surface area contributed by atoms with Crippen LogP contribution >= 0.6 is 11.6 Å². The summed E-state index contributed by atoms with van der Waals surface area (Å²) in [6.45, 7) is 0.740. The molecule has 2 N–H and O–H groups in total. The summed E-state index contributed by atoms with van der Waals surface area (Å²) < 4.78 is 30.8. The molecule has 0 atom stereocenters. The number of carbonyl (C=O) groups is 3. The Balaban J connectivity index is 2.08. The van der Waals surface area contributed by atoms with E-state index in [2.05, 4.69) is 10.0 Å². The fraction of sp³-hybridized carbons (Fsp3) is 0.167. The lowest BCUT2D eigenvalue weighted by atomic mass is 10.1. The van der Waals surface area contributed by atoms with Gasteiger partial charge in [0.2, 0.25) is 10.0 Å². The molecule has 1 amide bonds. The van der Waals surface area contributed by atoms with Crippen molar-refractivity contribution in [3.8, 4) is 0 Å². The SMILES string of the molecule is CNS(=O)(=O)c1cc(C(=O)OCC(=O)Nc2ccccc2C(C)=O)ccc1Cl. The maximum atomic E-state index is 12.1. The Morgan fingerprint density at radius 3 is 2.43 bits per heavy atom. The van der Waals surface area contributed by atoms with Crippen LogP contribution in [0.25, 0.3) is 0 Å². The van der Waals surface area contributed by atoms with E-state index in [1.54, 1.807) is 24.3 Å². The van der Waals surface area contributed by atoms with Crippen LogP contribution in [0.4, 0.5) is 5.69 Å². The Labute approximate surface area is 166 Å². The van der Waals surface area contributed by atoms with Crippen LogP contribution < -0.4 is 10.0 Å². The topological polar surface area (TPSA) is 119 Å². The fourth-order valence-corrected chi connectivity index (χ4v) is 3.50. The van der Waals surface area contributed by atoms with Gasteiger partial charge in [0.1, 0.15) is 4.90 Å². The van der Waals surface area contributed by atoms with Crippen molar-refractivity contribution in [2.24, 2.45) is 0 Å². The number of rotatable bonds is 7. The first kappa shape index (κ1) is 21.5. The zero-order chi connectivity index (χ0) is 20.9. The van der Waals surface area contributed by atoms with Crippen molar-refractivity contribution < 1.29 is 27.5 Å². The van der Waals surface area contributed by atoms with Gasteiger partial charge in [0.15, 0.2) is 12.4 Å². The van der Waals surface area contributed by atoms with Gasteiger partial charge in [0, 0.05) is 5.56 Å². The number of benzene rings is 2. The van der Waals surface area contributed by atoms with Crippen LogP contribution in [0.15, 0.2) is 47.4 Å². The summed E-state index contributed by atoms with van der Waals surface area (Å²) in [7, 11) is -2.66. The molecule has 2 rings (SSSR count). The molecule has 0 bridgehead atoms. The third kappa shape index (κ3) is 5.16. The highest BCUT2D eigenvalue weighted by molar-refractivity contribution is 7.89. The Hall–Kier alpha value is -2.75. The molecule has 8 nitrogen and oxygen atoms in total. The molecule has 28 heavy (non-hydrogen) atoms. The van der Waals surface area contributed by atoms with Crippen LogP contribution in [-0.4, -0.2) is 39.7 Å². The molecule has 0 heterocycles. The summed E-state index contributed by atoms with van der Waals surface area (Å²) in [6.07, 6.45) is 0. The van der Waals surface area contributed by atoms with E-state index < -0.39 is 28.5 Å². The first-order chi connectivity index (χ1) is 13.2. The second kappa shape index (κ2) is 8.96. The lowest BCUT2D eigenvalue weighted by Crippen LogP contribution is -2.22. The highest BCUT2D eigenvalue weighted by atomic mass is 35.5. The van der Waals surface area contributed by atoms with Gasteiger partial charge in [0.25, 0.3) is 5.91 Å². The quantitative estimate of drug-likeness (QED) is 0.519. The van der Waals surface area contributed by atoms with Crippen molar-refractivity contribution in [3.63, 3.8) is 0 Å². The third-order valence-electron chi connectivity index (χ3n) is 3.64. The first-order valence-corrected chi connectivity index (χ1v) is 9.82. The van der Waals surface area contributed by atoms with Crippen LogP contribution in [-0.2, 0) is 19.6 Å². The van der Waals surface area contributed by atoms with Crippen LogP contribution in [0.3, 0.4) is 0 Å². The van der Waals surface area contributed by atoms with Crippen molar-refractivity contribution >= 4 is 45.0 Å². The Morgan fingerprint density at radius 1 is 1.11 bits per heavy atom. The number of hydrogen-bond donors (Lipinski definition) is 2. The Kier molecular flexibility index (Phi) is 6.90.